The van der Waals surface area contributed by atoms with E-state index >= 15 is 0 Å². The topological polar surface area (TPSA) is 29.5 Å². The molecule has 3 unspecified atom stereocenters. The molecule has 0 bridgehead atoms. The van der Waals surface area contributed by atoms with Gasteiger partial charge in [-0.15, -0.1) is 0 Å². The van der Waals surface area contributed by atoms with Gasteiger partial charge in [-0.25, -0.2) is 4.79 Å². The van der Waals surface area contributed by atoms with Crippen LogP contribution in [0.4, 0.5) is 10.5 Å². The Balaban J connectivity index is 1.11. The van der Waals surface area contributed by atoms with Crippen molar-refractivity contribution in [1.82, 2.24) is 0 Å². The summed E-state index contributed by atoms with van der Waals surface area (Å²) in [5, 5.41) is 0. The normalized spacial score (nSPS) is 37.9. The predicted octanol–water partition coefficient (Wildman–Crippen LogP) is 9.60. The fourth-order valence-corrected chi connectivity index (χ4v) is 10.5. The Labute approximate surface area is 238 Å². The number of allylic oxidation sites excluding steroid dienone is 1. The second kappa shape index (κ2) is 10.6. The number of carbonyl (C=O) groups is 1. The Bertz CT molecular complexity index is 1090. The Hall–Kier alpha value is -1.77. The Kier molecular flexibility index (Phi) is 7.43. The maximum atomic E-state index is 13.2. The van der Waals surface area contributed by atoms with Crippen molar-refractivity contribution in [2.45, 2.75) is 118 Å². The number of anilines is 1. The third-order valence-corrected chi connectivity index (χ3v) is 12.6. The molecule has 3 saturated carbocycles. The molecular formula is C36H53NO2. The molecule has 1 aromatic carbocycles. The lowest BCUT2D eigenvalue weighted by Gasteiger charge is -2.58. The molecule has 0 spiro atoms. The van der Waals surface area contributed by atoms with Gasteiger partial charge >= 0.3 is 6.09 Å². The van der Waals surface area contributed by atoms with Crippen LogP contribution in [-0.2, 0) is 11.2 Å². The highest BCUT2D eigenvalue weighted by atomic mass is 16.6. The van der Waals surface area contributed by atoms with Crippen LogP contribution < -0.4 is 4.90 Å². The minimum Gasteiger partial charge on any atom is -0.446 e. The van der Waals surface area contributed by atoms with Crippen LogP contribution in [0.2, 0.25) is 0 Å². The molecule has 0 radical (unpaired) electrons. The Morgan fingerprint density at radius 2 is 1.85 bits per heavy atom. The number of carbonyl (C=O) groups excluding carboxylic acids is 1. The number of para-hydroxylation sites is 1. The lowest BCUT2D eigenvalue weighted by atomic mass is 9.47. The van der Waals surface area contributed by atoms with Crippen molar-refractivity contribution in [1.29, 1.82) is 0 Å². The van der Waals surface area contributed by atoms with E-state index in [1.165, 1.54) is 63.4 Å². The summed E-state index contributed by atoms with van der Waals surface area (Å²) < 4.78 is 6.18. The molecule has 1 aromatic rings. The molecule has 1 aliphatic heterocycles. The smallest absolute Gasteiger partial charge is 0.414 e. The zero-order valence-corrected chi connectivity index (χ0v) is 25.4. The minimum absolute atomic E-state index is 0.0255. The summed E-state index contributed by atoms with van der Waals surface area (Å²) in [6, 6.07) is 8.27. The van der Waals surface area contributed by atoms with Gasteiger partial charge in [0, 0.05) is 13.0 Å². The highest BCUT2D eigenvalue weighted by Gasteiger charge is 2.59. The summed E-state index contributed by atoms with van der Waals surface area (Å²) in [6.07, 6.45) is 17.8. The summed E-state index contributed by atoms with van der Waals surface area (Å²) in [4.78, 5) is 15.0. The van der Waals surface area contributed by atoms with Crippen molar-refractivity contribution in [2.75, 3.05) is 11.4 Å². The molecular weight excluding hydrogens is 478 g/mol. The van der Waals surface area contributed by atoms with E-state index in [1.807, 2.05) is 11.0 Å². The van der Waals surface area contributed by atoms with E-state index in [2.05, 4.69) is 58.9 Å². The zero-order valence-electron chi connectivity index (χ0n) is 25.4. The maximum absolute atomic E-state index is 13.2. The largest absolute Gasteiger partial charge is 0.446 e. The third kappa shape index (κ3) is 4.78. The van der Waals surface area contributed by atoms with E-state index in [1.54, 1.807) is 5.57 Å². The fraction of sp³-hybridized carbons (Fsp3) is 0.750. The van der Waals surface area contributed by atoms with Gasteiger partial charge in [0.15, 0.2) is 0 Å². The lowest BCUT2D eigenvalue weighted by molar-refractivity contribution is -0.0579. The molecule has 1 amide bonds. The number of hydrogen-bond acceptors (Lipinski definition) is 2. The molecule has 39 heavy (non-hydrogen) atoms. The molecule has 1 heterocycles. The minimum atomic E-state index is -0.143. The SMILES string of the molecule is CC(C)CCC[C@@H](C)C1CCC2[C@@H]3CC=C4C[C@@H](OC(=O)N5CCc6ccccc65)CC[C@]4(C)C3CC[C@@]21C. The van der Waals surface area contributed by atoms with E-state index in [9.17, 15) is 4.79 Å². The van der Waals surface area contributed by atoms with Gasteiger partial charge in [0.25, 0.3) is 0 Å². The summed E-state index contributed by atoms with van der Waals surface area (Å²) >= 11 is 0. The molecule has 8 atom stereocenters. The molecule has 0 N–H and O–H groups in total. The second-order valence-corrected chi connectivity index (χ2v) is 15.1. The van der Waals surface area contributed by atoms with Gasteiger partial charge in [0.1, 0.15) is 6.10 Å². The maximum Gasteiger partial charge on any atom is 0.414 e. The summed E-state index contributed by atoms with van der Waals surface area (Å²) in [7, 11) is 0. The number of hydrogen-bond donors (Lipinski definition) is 0. The van der Waals surface area contributed by atoms with Crippen LogP contribution in [-0.4, -0.2) is 18.7 Å². The first-order valence-electron chi connectivity index (χ1n) is 16.5. The molecule has 214 valence electrons. The zero-order chi connectivity index (χ0) is 27.4. The van der Waals surface area contributed by atoms with Gasteiger partial charge < -0.3 is 4.74 Å². The summed E-state index contributed by atoms with van der Waals surface area (Å²) in [5.41, 5.74) is 4.75. The molecule has 0 saturated heterocycles. The van der Waals surface area contributed by atoms with Gasteiger partial charge in [0.2, 0.25) is 0 Å². The molecule has 4 aliphatic carbocycles. The molecule has 0 aromatic heterocycles. The van der Waals surface area contributed by atoms with Crippen molar-refractivity contribution < 1.29 is 9.53 Å². The number of ether oxygens (including phenoxy) is 1. The van der Waals surface area contributed by atoms with Gasteiger partial charge in [-0.3, -0.25) is 4.90 Å². The van der Waals surface area contributed by atoms with Crippen LogP contribution in [0.25, 0.3) is 0 Å². The Morgan fingerprint density at radius 1 is 1.03 bits per heavy atom. The van der Waals surface area contributed by atoms with Crippen molar-refractivity contribution in [3.05, 3.63) is 41.5 Å². The summed E-state index contributed by atoms with van der Waals surface area (Å²) in [5.74, 6) is 5.18. The van der Waals surface area contributed by atoms with E-state index in [0.717, 1.165) is 67.0 Å². The average molecular weight is 532 g/mol. The van der Waals surface area contributed by atoms with Gasteiger partial charge in [-0.1, -0.05) is 83.7 Å². The molecule has 3 heteroatoms. The van der Waals surface area contributed by atoms with Crippen LogP contribution in [0.5, 0.6) is 0 Å². The van der Waals surface area contributed by atoms with Crippen LogP contribution in [0.3, 0.4) is 0 Å². The highest BCUT2D eigenvalue weighted by molar-refractivity contribution is 5.90. The van der Waals surface area contributed by atoms with Crippen molar-refractivity contribution >= 4 is 11.8 Å². The second-order valence-electron chi connectivity index (χ2n) is 15.1. The van der Waals surface area contributed by atoms with Crippen molar-refractivity contribution in [2.24, 2.45) is 46.3 Å². The van der Waals surface area contributed by atoms with Gasteiger partial charge in [-0.2, -0.15) is 0 Å². The van der Waals surface area contributed by atoms with E-state index in [0.29, 0.717) is 10.8 Å². The van der Waals surface area contributed by atoms with Crippen LogP contribution in [0.1, 0.15) is 111 Å². The molecule has 3 nitrogen and oxygen atoms in total. The third-order valence-electron chi connectivity index (χ3n) is 12.6. The standard InChI is InChI=1S/C36H53NO2/c1-24(2)9-8-10-25(3)30-15-16-31-29-14-13-27-23-28(17-20-35(27,4)32(29)18-21-36(30,31)5)39-34(38)37-22-19-26-11-6-7-12-33(26)37/h6-7,11-13,24-25,28-32H,8-10,14-23H2,1-5H3/t25-,28+,29+,30?,31?,32?,35+,36-/m1/s1. The Morgan fingerprint density at radius 3 is 2.67 bits per heavy atom. The molecule has 5 aliphatic rings. The number of nitrogens with zero attached hydrogens (tertiary/aromatic N) is 1. The first kappa shape index (κ1) is 27.4. The van der Waals surface area contributed by atoms with Gasteiger partial charge in [-0.05, 0) is 109 Å². The fourth-order valence-electron chi connectivity index (χ4n) is 10.5. The first-order valence-corrected chi connectivity index (χ1v) is 16.5. The van der Waals surface area contributed by atoms with E-state index in [-0.39, 0.29) is 12.2 Å². The number of fused-ring (bicyclic) bond motifs is 6. The van der Waals surface area contributed by atoms with Crippen molar-refractivity contribution in [3.8, 4) is 0 Å². The number of benzene rings is 1. The first-order chi connectivity index (χ1) is 18.7. The monoisotopic (exact) mass is 531 g/mol. The predicted molar refractivity (Wildman–Crippen MR) is 161 cm³/mol. The number of amides is 1. The van der Waals surface area contributed by atoms with E-state index in [4.69, 9.17) is 4.74 Å². The highest BCUT2D eigenvalue weighted by Crippen LogP contribution is 2.67. The average Bonchev–Trinajstić information content (AvgIpc) is 3.50. The van der Waals surface area contributed by atoms with Crippen LogP contribution >= 0.6 is 0 Å². The van der Waals surface area contributed by atoms with E-state index < -0.39 is 0 Å². The molecule has 3 fully saturated rings. The quantitative estimate of drug-likeness (QED) is 0.342. The molecule has 6 rings (SSSR count). The summed E-state index contributed by atoms with van der Waals surface area (Å²) in [6.45, 7) is 13.3. The number of rotatable bonds is 6. The van der Waals surface area contributed by atoms with Gasteiger partial charge in [0.05, 0.1) is 5.69 Å². The van der Waals surface area contributed by atoms with Crippen molar-refractivity contribution in [3.63, 3.8) is 0 Å². The van der Waals surface area contributed by atoms with Crippen LogP contribution in [0, 0.1) is 46.3 Å². The van der Waals surface area contributed by atoms with Crippen LogP contribution in [0.15, 0.2) is 35.9 Å². The lowest BCUT2D eigenvalue weighted by Crippen LogP contribution is -2.51.